The van der Waals surface area contributed by atoms with Crippen molar-refractivity contribution in [1.82, 2.24) is 30.2 Å². The quantitative estimate of drug-likeness (QED) is 0.0782. The molecule has 2 atom stereocenters. The van der Waals surface area contributed by atoms with Gasteiger partial charge in [0.05, 0.1) is 27.4 Å². The van der Waals surface area contributed by atoms with Crippen molar-refractivity contribution in [3.8, 4) is 23.0 Å². The Hall–Kier alpha value is -5.41. The Morgan fingerprint density at radius 3 is 1.67 bits per heavy atom. The summed E-state index contributed by atoms with van der Waals surface area (Å²) in [5, 5.41) is 15.9. The van der Waals surface area contributed by atoms with Crippen molar-refractivity contribution in [3.05, 3.63) is 59.9 Å². The molecule has 4 aliphatic rings. The van der Waals surface area contributed by atoms with Gasteiger partial charge in [0.2, 0.25) is 11.9 Å². The van der Waals surface area contributed by atoms with E-state index in [1.54, 1.807) is 14.2 Å². The van der Waals surface area contributed by atoms with Crippen LogP contribution in [0.5, 0.6) is 23.0 Å². The third-order valence-corrected chi connectivity index (χ3v) is 11.5. The molecule has 0 radical (unpaired) electrons. The Bertz CT molecular complexity index is 2000. The third-order valence-electron chi connectivity index (χ3n) is 11.5. The topological polar surface area (TPSA) is 169 Å². The number of rotatable bonds is 15. The lowest BCUT2D eigenvalue weighted by atomic mass is 10.1. The predicted octanol–water partition coefficient (Wildman–Crippen LogP) is 7.92. The number of aromatic nitrogens is 4. The molecule has 2 aromatic heterocycles. The van der Waals surface area contributed by atoms with Crippen LogP contribution in [-0.4, -0.2) is 104 Å². The molecule has 2 saturated heterocycles. The minimum absolute atomic E-state index is 0.454. The van der Waals surface area contributed by atoms with E-state index < -0.39 is 0 Å². The molecule has 2 aliphatic heterocycles. The van der Waals surface area contributed by atoms with Gasteiger partial charge in [-0.3, -0.25) is 9.69 Å². The summed E-state index contributed by atoms with van der Waals surface area (Å²) in [6, 6.07) is 16.2. The van der Waals surface area contributed by atoms with Gasteiger partial charge in [0.1, 0.15) is 17.4 Å². The third kappa shape index (κ3) is 13.8. The predicted molar refractivity (Wildman–Crippen MR) is 243 cm³/mol. The van der Waals surface area contributed by atoms with Gasteiger partial charge in [0, 0.05) is 105 Å². The number of hydrogen-bond acceptors (Lipinski definition) is 15. The van der Waals surface area contributed by atoms with E-state index in [1.165, 1.54) is 38.6 Å². The standard InChI is InChI=1S/C23H33N5O2.C18H25N5O2.C5H8O/c1-16-12-22(24-2)27-23(25-16)26-18-8-9-20(29-3)21(13-18)30-15-17-10-11-28(14-17)19-6-4-5-7-19;1-12-8-17(19-2)23-18(21-12)22-14-4-5-15(24-3)16(9-14)25-11-13-6-7-20-10-13;6-5-3-1-2-4-5/h8-9,12-13,17,19H,4-7,10-11,14-15H2,1-3H3,(H2,24,25,26,27);4-5,8-9,13,20H,6-7,10-11H2,1-3H3,(H2,19,21,22,23);1-4H2. The zero-order chi connectivity index (χ0) is 43.0. The molecular formula is C46H66N10O5. The van der Waals surface area contributed by atoms with Crippen LogP contribution in [0.15, 0.2) is 48.5 Å². The average Bonchev–Trinajstić information content (AvgIpc) is 4.12. The van der Waals surface area contributed by atoms with Crippen molar-refractivity contribution in [2.45, 2.75) is 84.1 Å². The normalized spacial score (nSPS) is 18.7. The summed E-state index contributed by atoms with van der Waals surface area (Å²) in [7, 11) is 7.01. The zero-order valence-corrected chi connectivity index (χ0v) is 36.9. The van der Waals surface area contributed by atoms with Crippen LogP contribution in [0.25, 0.3) is 0 Å². The van der Waals surface area contributed by atoms with E-state index in [2.05, 4.69) is 51.4 Å². The second-order valence-electron chi connectivity index (χ2n) is 16.2. The van der Waals surface area contributed by atoms with Crippen LogP contribution in [0.2, 0.25) is 0 Å². The van der Waals surface area contributed by atoms with Gasteiger partial charge in [0.25, 0.3) is 0 Å². The van der Waals surface area contributed by atoms with E-state index >= 15 is 0 Å². The van der Waals surface area contributed by atoms with E-state index in [0.29, 0.717) is 42.7 Å². The van der Waals surface area contributed by atoms with E-state index in [1.807, 2.05) is 76.5 Å². The van der Waals surface area contributed by atoms with Gasteiger partial charge in [-0.2, -0.15) is 9.97 Å². The highest BCUT2D eigenvalue weighted by Gasteiger charge is 2.30. The molecule has 4 aromatic rings. The minimum Gasteiger partial charge on any atom is -0.493 e. The number of nitrogens with zero attached hydrogens (tertiary/aromatic N) is 5. The highest BCUT2D eigenvalue weighted by atomic mass is 16.5. The summed E-state index contributed by atoms with van der Waals surface area (Å²) in [5.74, 6) is 7.16. The summed E-state index contributed by atoms with van der Waals surface area (Å²) in [6.45, 7) is 9.70. The molecule has 8 rings (SSSR count). The molecular weight excluding hydrogens is 773 g/mol. The van der Waals surface area contributed by atoms with Gasteiger partial charge in [-0.25, -0.2) is 9.97 Å². The Kier molecular flexibility index (Phi) is 17.0. The van der Waals surface area contributed by atoms with Crippen LogP contribution in [-0.2, 0) is 4.79 Å². The molecule has 15 nitrogen and oxygen atoms in total. The van der Waals surface area contributed by atoms with Gasteiger partial charge >= 0.3 is 0 Å². The largest absolute Gasteiger partial charge is 0.493 e. The maximum atomic E-state index is 10.2. The van der Waals surface area contributed by atoms with E-state index in [0.717, 1.165) is 115 Å². The molecule has 2 unspecified atom stereocenters. The number of ketones is 1. The van der Waals surface area contributed by atoms with Crippen molar-refractivity contribution in [1.29, 1.82) is 0 Å². The fourth-order valence-corrected chi connectivity index (χ4v) is 8.14. The Morgan fingerprint density at radius 2 is 1.21 bits per heavy atom. The average molecular weight is 839 g/mol. The molecule has 61 heavy (non-hydrogen) atoms. The van der Waals surface area contributed by atoms with E-state index in [4.69, 9.17) is 18.9 Å². The summed E-state index contributed by atoms with van der Waals surface area (Å²) >= 11 is 0. The smallest absolute Gasteiger partial charge is 0.229 e. The molecule has 5 N–H and O–H groups in total. The first-order valence-electron chi connectivity index (χ1n) is 21.9. The van der Waals surface area contributed by atoms with Gasteiger partial charge in [0.15, 0.2) is 23.0 Å². The van der Waals surface area contributed by atoms with Crippen molar-refractivity contribution in [3.63, 3.8) is 0 Å². The van der Waals surface area contributed by atoms with E-state index in [-0.39, 0.29) is 0 Å². The number of benzene rings is 2. The number of hydrogen-bond donors (Lipinski definition) is 5. The molecule has 0 amide bonds. The monoisotopic (exact) mass is 839 g/mol. The Balaban J connectivity index is 0.000000181. The molecule has 2 aromatic carbocycles. The lowest BCUT2D eigenvalue weighted by molar-refractivity contribution is -0.117. The molecule has 4 heterocycles. The van der Waals surface area contributed by atoms with Gasteiger partial charge in [-0.1, -0.05) is 12.8 Å². The molecule has 2 saturated carbocycles. The van der Waals surface area contributed by atoms with Gasteiger partial charge in [-0.15, -0.1) is 0 Å². The number of carbonyl (C=O) groups excluding carboxylic acids is 1. The number of likely N-dealkylation sites (tertiary alicyclic amines) is 1. The SMILES string of the molecule is CNc1cc(C)nc(Nc2ccc(OC)c(OCC3CCN(C4CCCC4)C3)c2)n1.CNc1cc(C)nc(Nc2ccc(OC)c(OCC3CCNC3)c2)n1.O=C1CCCC1. The van der Waals surface area contributed by atoms with E-state index in [9.17, 15) is 4.79 Å². The molecule has 0 spiro atoms. The molecule has 15 heteroatoms. The molecule has 0 bridgehead atoms. The fraction of sp³-hybridized carbons (Fsp3) is 0.543. The first-order valence-corrected chi connectivity index (χ1v) is 21.9. The molecule has 2 aliphatic carbocycles. The lowest BCUT2D eigenvalue weighted by Gasteiger charge is -2.23. The van der Waals surface area contributed by atoms with Crippen molar-refractivity contribution in [2.24, 2.45) is 11.8 Å². The summed E-state index contributed by atoms with van der Waals surface area (Å²) in [6.07, 6.45) is 11.8. The van der Waals surface area contributed by atoms with Crippen LogP contribution in [0.1, 0.15) is 75.6 Å². The van der Waals surface area contributed by atoms with Crippen molar-refractivity contribution in [2.75, 3.05) is 89.0 Å². The van der Waals surface area contributed by atoms with Gasteiger partial charge in [-0.05, 0) is 89.7 Å². The molecule has 4 fully saturated rings. The Morgan fingerprint density at radius 1 is 0.672 bits per heavy atom. The van der Waals surface area contributed by atoms with Crippen LogP contribution >= 0.6 is 0 Å². The second kappa shape index (κ2) is 23.0. The highest BCUT2D eigenvalue weighted by molar-refractivity contribution is 5.80. The lowest BCUT2D eigenvalue weighted by Crippen LogP contribution is -2.31. The summed E-state index contributed by atoms with van der Waals surface area (Å²) in [5.41, 5.74) is 3.51. The van der Waals surface area contributed by atoms with Crippen molar-refractivity contribution >= 4 is 40.7 Å². The highest BCUT2D eigenvalue weighted by Crippen LogP contribution is 2.34. The number of carbonyl (C=O) groups is 1. The number of nitrogens with one attached hydrogen (secondary N) is 5. The van der Waals surface area contributed by atoms with Crippen LogP contribution in [0, 0.1) is 25.7 Å². The number of Topliss-reactive ketones (excluding diaryl/α,β-unsaturated/α-hetero) is 1. The van der Waals surface area contributed by atoms with Crippen LogP contribution in [0.4, 0.5) is 34.9 Å². The number of methoxy groups -OCH3 is 2. The maximum absolute atomic E-state index is 10.2. The summed E-state index contributed by atoms with van der Waals surface area (Å²) < 4.78 is 23.2. The zero-order valence-electron chi connectivity index (χ0n) is 36.9. The minimum atomic E-state index is 0.454. The number of ether oxygens (including phenoxy) is 4. The fourth-order valence-electron chi connectivity index (χ4n) is 8.14. The first-order chi connectivity index (χ1) is 29.7. The maximum Gasteiger partial charge on any atom is 0.229 e. The Labute approximate surface area is 361 Å². The van der Waals surface area contributed by atoms with Crippen LogP contribution in [0.3, 0.4) is 0 Å². The molecule has 330 valence electrons. The second-order valence-corrected chi connectivity index (χ2v) is 16.2. The van der Waals surface area contributed by atoms with Crippen LogP contribution < -0.4 is 45.5 Å². The van der Waals surface area contributed by atoms with Gasteiger partial charge < -0.3 is 45.5 Å². The number of anilines is 6. The summed E-state index contributed by atoms with van der Waals surface area (Å²) in [4.78, 5) is 30.7. The number of aryl methyl sites for hydroxylation is 2. The first kappa shape index (κ1) is 45.1. The van der Waals surface area contributed by atoms with Crippen molar-refractivity contribution < 1.29 is 23.7 Å².